The quantitative estimate of drug-likeness (QED) is 0.435. The molecule has 1 atom stereocenters. The van der Waals surface area contributed by atoms with Crippen LogP contribution in [0, 0.1) is 12.8 Å². The molecule has 0 aliphatic carbocycles. The number of piperazine rings is 1. The summed E-state index contributed by atoms with van der Waals surface area (Å²) in [6.45, 7) is 10.1. The molecule has 4 nitrogen and oxygen atoms in total. The van der Waals surface area contributed by atoms with Gasteiger partial charge in [0.2, 0.25) is 0 Å². The Balaban J connectivity index is 0.00000232. The first-order chi connectivity index (χ1) is 10.7. The van der Waals surface area contributed by atoms with E-state index in [-0.39, 0.29) is 12.1 Å². The highest BCUT2D eigenvalue weighted by atomic mass is 79.9. The standard InChI is InChI=1S/C14H24Br2N2O2S.C2H2/c1-5-8-21-18-7-6-17(10-11(18)9-12(15)16)13(19)20-14(2,3)4;1-2/h9,11H,5-8,10H2,1-4H3;1-2H/t11-;/m0./s1. The minimum atomic E-state index is -0.452. The van der Waals surface area contributed by atoms with Crippen LogP contribution in [0.15, 0.2) is 9.47 Å². The van der Waals surface area contributed by atoms with Crippen LogP contribution in [0.2, 0.25) is 0 Å². The predicted octanol–water partition coefficient (Wildman–Crippen LogP) is 4.85. The first-order valence-corrected chi connectivity index (χ1v) is 9.99. The molecule has 0 radical (unpaired) electrons. The molecule has 0 unspecified atom stereocenters. The van der Waals surface area contributed by atoms with Crippen LogP contribution >= 0.6 is 43.8 Å². The third kappa shape index (κ3) is 9.65. The van der Waals surface area contributed by atoms with Crippen LogP contribution in [0.5, 0.6) is 0 Å². The zero-order chi connectivity index (χ0) is 18.0. The molecule has 0 aromatic heterocycles. The number of terminal acetylenes is 1. The number of carbonyl (C=O) groups excluding carboxylic acids is 1. The molecule has 0 aromatic rings. The predicted molar refractivity (Wildman–Crippen MR) is 107 cm³/mol. The average Bonchev–Trinajstić information content (AvgIpc) is 2.45. The van der Waals surface area contributed by atoms with Crippen LogP contribution in [-0.4, -0.2) is 52.3 Å². The minimum absolute atomic E-state index is 0.177. The van der Waals surface area contributed by atoms with Gasteiger partial charge in [-0.15, -0.1) is 12.8 Å². The normalized spacial score (nSPS) is 18.6. The zero-order valence-electron chi connectivity index (χ0n) is 14.2. The second-order valence-corrected chi connectivity index (χ2v) is 9.83. The first-order valence-electron chi connectivity index (χ1n) is 7.46. The molecule has 0 N–H and O–H groups in total. The highest BCUT2D eigenvalue weighted by Gasteiger charge is 2.31. The maximum atomic E-state index is 12.2. The lowest BCUT2D eigenvalue weighted by Crippen LogP contribution is -2.52. The molecule has 1 saturated heterocycles. The van der Waals surface area contributed by atoms with Crippen LogP contribution in [0.1, 0.15) is 34.1 Å². The van der Waals surface area contributed by atoms with Gasteiger partial charge < -0.3 is 9.64 Å². The Morgan fingerprint density at radius 1 is 1.35 bits per heavy atom. The molecule has 1 rings (SSSR count). The van der Waals surface area contributed by atoms with Gasteiger partial charge in [-0.05, 0) is 65.1 Å². The molecular formula is C16H26Br2N2O2S. The van der Waals surface area contributed by atoms with Crippen LogP contribution in [0.3, 0.4) is 0 Å². The van der Waals surface area contributed by atoms with Crippen molar-refractivity contribution in [3.63, 3.8) is 0 Å². The van der Waals surface area contributed by atoms with E-state index in [4.69, 9.17) is 4.74 Å². The van der Waals surface area contributed by atoms with Gasteiger partial charge in [0, 0.05) is 25.4 Å². The third-order valence-electron chi connectivity index (χ3n) is 2.80. The SMILES string of the molecule is C#C.CCCSN1CCN(C(=O)OC(C)(C)C)C[C@@H]1C=C(Br)Br. The number of halogens is 2. The highest BCUT2D eigenvalue weighted by molar-refractivity contribution is 9.28. The van der Waals surface area contributed by atoms with Crippen molar-refractivity contribution in [2.75, 3.05) is 25.4 Å². The van der Waals surface area contributed by atoms with E-state index < -0.39 is 5.60 Å². The molecule has 0 bridgehead atoms. The van der Waals surface area contributed by atoms with Crippen molar-refractivity contribution in [1.29, 1.82) is 0 Å². The van der Waals surface area contributed by atoms with Gasteiger partial charge >= 0.3 is 6.09 Å². The van der Waals surface area contributed by atoms with Crippen molar-refractivity contribution in [3.8, 4) is 12.8 Å². The van der Waals surface area contributed by atoms with E-state index in [0.29, 0.717) is 13.1 Å². The maximum Gasteiger partial charge on any atom is 0.410 e. The van der Waals surface area contributed by atoms with Crippen molar-refractivity contribution >= 4 is 49.9 Å². The van der Waals surface area contributed by atoms with E-state index in [1.807, 2.05) is 32.7 Å². The summed E-state index contributed by atoms with van der Waals surface area (Å²) in [5, 5.41) is 0. The van der Waals surface area contributed by atoms with E-state index in [9.17, 15) is 4.79 Å². The number of amides is 1. The molecule has 1 amide bonds. The topological polar surface area (TPSA) is 32.8 Å². The summed E-state index contributed by atoms with van der Waals surface area (Å²) < 4.78 is 8.71. The minimum Gasteiger partial charge on any atom is -0.444 e. The summed E-state index contributed by atoms with van der Waals surface area (Å²) in [6.07, 6.45) is 11.0. The molecule has 0 aromatic carbocycles. The van der Waals surface area contributed by atoms with E-state index in [2.05, 4.69) is 62.0 Å². The molecule has 1 aliphatic rings. The van der Waals surface area contributed by atoms with Crippen LogP contribution in [0.4, 0.5) is 4.79 Å². The van der Waals surface area contributed by atoms with E-state index >= 15 is 0 Å². The Labute approximate surface area is 161 Å². The smallest absolute Gasteiger partial charge is 0.410 e. The Bertz CT molecular complexity index is 418. The summed E-state index contributed by atoms with van der Waals surface area (Å²) in [4.78, 5) is 14.0. The van der Waals surface area contributed by atoms with Gasteiger partial charge in [0.25, 0.3) is 0 Å². The number of ether oxygens (including phenoxy) is 1. The molecule has 132 valence electrons. The van der Waals surface area contributed by atoms with Crippen LogP contribution in [0.25, 0.3) is 0 Å². The Kier molecular flexibility index (Phi) is 11.3. The fraction of sp³-hybridized carbons (Fsp3) is 0.688. The van der Waals surface area contributed by atoms with E-state index in [1.54, 1.807) is 4.90 Å². The van der Waals surface area contributed by atoms with Crippen molar-refractivity contribution < 1.29 is 9.53 Å². The summed E-state index contributed by atoms with van der Waals surface area (Å²) in [6, 6.07) is 0.177. The van der Waals surface area contributed by atoms with Crippen molar-refractivity contribution in [2.45, 2.75) is 45.8 Å². The maximum absolute atomic E-state index is 12.2. The largest absolute Gasteiger partial charge is 0.444 e. The Morgan fingerprint density at radius 3 is 2.43 bits per heavy atom. The summed E-state index contributed by atoms with van der Waals surface area (Å²) in [7, 11) is 0. The van der Waals surface area contributed by atoms with Crippen molar-refractivity contribution in [1.82, 2.24) is 9.21 Å². The number of rotatable bonds is 4. The van der Waals surface area contributed by atoms with Gasteiger partial charge in [0.15, 0.2) is 0 Å². The second kappa shape index (κ2) is 11.4. The highest BCUT2D eigenvalue weighted by Crippen LogP contribution is 2.25. The molecule has 1 aliphatic heterocycles. The van der Waals surface area contributed by atoms with Gasteiger partial charge in [0.05, 0.1) is 9.43 Å². The van der Waals surface area contributed by atoms with Gasteiger partial charge in [0.1, 0.15) is 5.60 Å². The number of hydrogen-bond donors (Lipinski definition) is 0. The van der Waals surface area contributed by atoms with Crippen molar-refractivity contribution in [3.05, 3.63) is 9.47 Å². The fourth-order valence-electron chi connectivity index (χ4n) is 1.94. The molecule has 1 heterocycles. The fourth-order valence-corrected chi connectivity index (χ4v) is 3.49. The molecule has 7 heteroatoms. The number of nitrogens with zero attached hydrogens (tertiary/aromatic N) is 2. The lowest BCUT2D eigenvalue weighted by atomic mass is 10.2. The number of carbonyl (C=O) groups is 1. The summed E-state index contributed by atoms with van der Waals surface area (Å²) in [5.41, 5.74) is -0.452. The van der Waals surface area contributed by atoms with Gasteiger partial charge in [-0.2, -0.15) is 0 Å². The second-order valence-electron chi connectivity index (χ2n) is 5.92. The molecule has 23 heavy (non-hydrogen) atoms. The lowest BCUT2D eigenvalue weighted by Gasteiger charge is -2.39. The first kappa shape index (κ1) is 22.8. The number of hydrogen-bond acceptors (Lipinski definition) is 4. The van der Waals surface area contributed by atoms with Gasteiger partial charge in [-0.1, -0.05) is 18.9 Å². The molecular weight excluding hydrogens is 444 g/mol. The van der Waals surface area contributed by atoms with Gasteiger partial charge in [-0.3, -0.25) is 0 Å². The molecule has 0 spiro atoms. The van der Waals surface area contributed by atoms with Gasteiger partial charge in [-0.25, -0.2) is 9.10 Å². The summed E-state index contributed by atoms with van der Waals surface area (Å²) >= 11 is 8.68. The third-order valence-corrected chi connectivity index (χ3v) is 4.70. The molecule has 1 fully saturated rings. The Hall–Kier alpha value is -0.160. The lowest BCUT2D eigenvalue weighted by molar-refractivity contribution is 0.0166. The Morgan fingerprint density at radius 2 is 1.96 bits per heavy atom. The van der Waals surface area contributed by atoms with Crippen LogP contribution < -0.4 is 0 Å². The van der Waals surface area contributed by atoms with Crippen molar-refractivity contribution in [2.24, 2.45) is 0 Å². The average molecular weight is 470 g/mol. The summed E-state index contributed by atoms with van der Waals surface area (Å²) in [5.74, 6) is 1.09. The molecule has 0 saturated carbocycles. The monoisotopic (exact) mass is 468 g/mol. The van der Waals surface area contributed by atoms with E-state index in [1.165, 1.54) is 0 Å². The zero-order valence-corrected chi connectivity index (χ0v) is 18.2. The van der Waals surface area contributed by atoms with Crippen LogP contribution in [-0.2, 0) is 4.74 Å². The van der Waals surface area contributed by atoms with E-state index in [0.717, 1.165) is 22.1 Å².